The van der Waals surface area contributed by atoms with Crippen molar-refractivity contribution in [3.63, 3.8) is 0 Å². The third-order valence-electron chi connectivity index (χ3n) is 4.27. The van der Waals surface area contributed by atoms with Crippen LogP contribution in [-0.2, 0) is 4.79 Å². The molecule has 1 saturated heterocycles. The lowest BCUT2D eigenvalue weighted by molar-refractivity contribution is -0.118. The van der Waals surface area contributed by atoms with Crippen LogP contribution in [0.15, 0.2) is 24.3 Å². The second kappa shape index (κ2) is 4.28. The quantitative estimate of drug-likeness (QED) is 0.696. The van der Waals surface area contributed by atoms with Crippen LogP contribution < -0.4 is 10.6 Å². The van der Waals surface area contributed by atoms with Crippen molar-refractivity contribution in [2.75, 3.05) is 18.4 Å². The molecule has 0 aromatic heterocycles. The zero-order chi connectivity index (χ0) is 12.6. The van der Waals surface area contributed by atoms with Crippen LogP contribution in [0, 0.1) is 11.3 Å². The number of carbonyl (C=O) groups excluding carboxylic acids is 1. The molecule has 1 unspecified atom stereocenters. The van der Waals surface area contributed by atoms with Crippen molar-refractivity contribution >= 4 is 11.6 Å². The highest BCUT2D eigenvalue weighted by Gasteiger charge is 2.57. The van der Waals surface area contributed by atoms with E-state index < -0.39 is 0 Å². The summed E-state index contributed by atoms with van der Waals surface area (Å²) < 4.78 is 0. The van der Waals surface area contributed by atoms with Gasteiger partial charge in [-0.3, -0.25) is 4.79 Å². The molecule has 1 amide bonds. The predicted octanol–water partition coefficient (Wildman–Crippen LogP) is 1.72. The maximum absolute atomic E-state index is 12.2. The van der Waals surface area contributed by atoms with Gasteiger partial charge >= 0.3 is 0 Å². The Morgan fingerprint density at radius 3 is 2.78 bits per heavy atom. The fourth-order valence-electron chi connectivity index (χ4n) is 2.99. The summed E-state index contributed by atoms with van der Waals surface area (Å²) in [6.45, 7) is 2.03. The average Bonchev–Trinajstić information content (AvgIpc) is 3.07. The molecule has 2 aliphatic rings. The summed E-state index contributed by atoms with van der Waals surface area (Å²) in [5, 5.41) is 15.8. The molecule has 1 saturated carbocycles. The molecular weight excluding hydrogens is 228 g/mol. The molecule has 0 bridgehead atoms. The predicted molar refractivity (Wildman–Crippen MR) is 69.4 cm³/mol. The van der Waals surface area contributed by atoms with Crippen LogP contribution in [0.2, 0.25) is 0 Å². The lowest BCUT2D eigenvalue weighted by atomic mass is 9.92. The summed E-state index contributed by atoms with van der Waals surface area (Å²) in [4.78, 5) is 12.2. The summed E-state index contributed by atoms with van der Waals surface area (Å²) in [7, 11) is 0. The fraction of sp³-hybridized carbons (Fsp3) is 0.500. The van der Waals surface area contributed by atoms with Gasteiger partial charge in [0.15, 0.2) is 0 Å². The third-order valence-corrected chi connectivity index (χ3v) is 4.27. The summed E-state index contributed by atoms with van der Waals surface area (Å²) in [5.74, 6) is 0.309. The highest BCUT2D eigenvalue weighted by atomic mass is 16.3. The van der Waals surface area contributed by atoms with Gasteiger partial charge in [0.1, 0.15) is 5.75 Å². The van der Waals surface area contributed by atoms with E-state index >= 15 is 0 Å². The number of para-hydroxylation sites is 2. The number of anilines is 1. The van der Waals surface area contributed by atoms with Crippen molar-refractivity contribution in [3.8, 4) is 5.75 Å². The van der Waals surface area contributed by atoms with Crippen LogP contribution >= 0.6 is 0 Å². The lowest BCUT2D eigenvalue weighted by Gasteiger charge is -2.23. The number of phenols is 1. The Hall–Kier alpha value is -1.55. The van der Waals surface area contributed by atoms with Gasteiger partial charge in [0.05, 0.1) is 5.69 Å². The number of amides is 1. The van der Waals surface area contributed by atoms with Crippen molar-refractivity contribution < 1.29 is 9.90 Å². The van der Waals surface area contributed by atoms with E-state index in [9.17, 15) is 9.90 Å². The number of rotatable bonds is 2. The van der Waals surface area contributed by atoms with Crippen molar-refractivity contribution in [1.82, 2.24) is 5.32 Å². The fourth-order valence-corrected chi connectivity index (χ4v) is 2.99. The topological polar surface area (TPSA) is 61.4 Å². The van der Waals surface area contributed by atoms with Gasteiger partial charge in [-0.25, -0.2) is 0 Å². The van der Waals surface area contributed by atoms with Gasteiger partial charge in [-0.2, -0.15) is 0 Å². The van der Waals surface area contributed by atoms with Crippen molar-refractivity contribution in [2.45, 2.75) is 19.3 Å². The Morgan fingerprint density at radius 1 is 1.33 bits per heavy atom. The monoisotopic (exact) mass is 246 g/mol. The summed E-state index contributed by atoms with van der Waals surface area (Å²) >= 11 is 0. The second-order valence-corrected chi connectivity index (χ2v) is 5.38. The molecule has 1 spiro atoms. The number of carbonyl (C=O) groups is 1. The Balaban J connectivity index is 1.65. The standard InChI is InChI=1S/C14H18N2O2/c17-12-4-2-1-3-11(12)16-13(18)10-9-14(10)5-7-15-8-6-14/h1-4,10,15,17H,5-9H2,(H,16,18). The lowest BCUT2D eigenvalue weighted by Crippen LogP contribution is -2.31. The van der Waals surface area contributed by atoms with Gasteiger partial charge in [0.2, 0.25) is 5.91 Å². The molecule has 1 aromatic rings. The first-order chi connectivity index (χ1) is 8.71. The highest BCUT2D eigenvalue weighted by Crippen LogP contribution is 2.58. The first-order valence-corrected chi connectivity index (χ1v) is 6.51. The number of phenolic OH excluding ortho intramolecular Hbond substituents is 1. The SMILES string of the molecule is O=C(Nc1ccccc1O)C1CC12CCNCC2. The number of aromatic hydroxyl groups is 1. The Labute approximate surface area is 106 Å². The van der Waals surface area contributed by atoms with Crippen LogP contribution in [0.3, 0.4) is 0 Å². The molecule has 2 fully saturated rings. The van der Waals surface area contributed by atoms with E-state index in [0.717, 1.165) is 32.4 Å². The average molecular weight is 246 g/mol. The van der Waals surface area contributed by atoms with Crippen LogP contribution in [0.1, 0.15) is 19.3 Å². The molecule has 1 atom stereocenters. The third kappa shape index (κ3) is 1.97. The van der Waals surface area contributed by atoms with Crippen LogP contribution in [0.5, 0.6) is 5.75 Å². The molecule has 18 heavy (non-hydrogen) atoms. The smallest absolute Gasteiger partial charge is 0.228 e. The number of hydrogen-bond acceptors (Lipinski definition) is 3. The van der Waals surface area contributed by atoms with Crippen LogP contribution in [0.25, 0.3) is 0 Å². The number of hydrogen-bond donors (Lipinski definition) is 3. The highest BCUT2D eigenvalue weighted by molar-refractivity contribution is 5.96. The van der Waals surface area contributed by atoms with Gasteiger partial charge in [-0.1, -0.05) is 12.1 Å². The van der Waals surface area contributed by atoms with E-state index in [2.05, 4.69) is 10.6 Å². The van der Waals surface area contributed by atoms with E-state index in [1.165, 1.54) is 0 Å². The van der Waals surface area contributed by atoms with E-state index in [-0.39, 0.29) is 23.0 Å². The minimum atomic E-state index is 0.0541. The van der Waals surface area contributed by atoms with Crippen molar-refractivity contribution in [1.29, 1.82) is 0 Å². The Kier molecular flexibility index (Phi) is 2.74. The molecule has 1 aliphatic heterocycles. The van der Waals surface area contributed by atoms with Gasteiger partial charge in [-0.15, -0.1) is 0 Å². The second-order valence-electron chi connectivity index (χ2n) is 5.38. The molecule has 0 radical (unpaired) electrons. The van der Waals surface area contributed by atoms with Crippen LogP contribution in [0.4, 0.5) is 5.69 Å². The number of nitrogens with one attached hydrogen (secondary N) is 2. The molecule has 96 valence electrons. The van der Waals surface area contributed by atoms with E-state index in [1.54, 1.807) is 18.2 Å². The molecule has 3 N–H and O–H groups in total. The maximum atomic E-state index is 12.2. The van der Waals surface area contributed by atoms with E-state index in [4.69, 9.17) is 0 Å². The Bertz CT molecular complexity index is 467. The van der Waals surface area contributed by atoms with Gasteiger partial charge in [0, 0.05) is 5.92 Å². The van der Waals surface area contributed by atoms with E-state index in [0.29, 0.717) is 5.69 Å². The molecule has 1 heterocycles. The zero-order valence-corrected chi connectivity index (χ0v) is 10.3. The van der Waals surface area contributed by atoms with Gasteiger partial charge < -0.3 is 15.7 Å². The minimum Gasteiger partial charge on any atom is -0.506 e. The summed E-state index contributed by atoms with van der Waals surface area (Å²) in [6.07, 6.45) is 3.17. The first kappa shape index (κ1) is 11.5. The zero-order valence-electron chi connectivity index (χ0n) is 10.3. The molecule has 4 nitrogen and oxygen atoms in total. The van der Waals surface area contributed by atoms with Gasteiger partial charge in [-0.05, 0) is 49.9 Å². The molecular formula is C14H18N2O2. The van der Waals surface area contributed by atoms with E-state index in [1.807, 2.05) is 6.07 Å². The largest absolute Gasteiger partial charge is 0.506 e. The number of benzene rings is 1. The number of piperidine rings is 1. The van der Waals surface area contributed by atoms with Crippen LogP contribution in [-0.4, -0.2) is 24.1 Å². The maximum Gasteiger partial charge on any atom is 0.228 e. The molecule has 3 rings (SSSR count). The molecule has 1 aromatic carbocycles. The van der Waals surface area contributed by atoms with Crippen molar-refractivity contribution in [3.05, 3.63) is 24.3 Å². The summed E-state index contributed by atoms with van der Waals surface area (Å²) in [5.41, 5.74) is 0.748. The summed E-state index contributed by atoms with van der Waals surface area (Å²) in [6, 6.07) is 6.87. The van der Waals surface area contributed by atoms with Gasteiger partial charge in [0.25, 0.3) is 0 Å². The van der Waals surface area contributed by atoms with Crippen molar-refractivity contribution in [2.24, 2.45) is 11.3 Å². The first-order valence-electron chi connectivity index (χ1n) is 6.51. The Morgan fingerprint density at radius 2 is 2.06 bits per heavy atom. The molecule has 4 heteroatoms. The molecule has 1 aliphatic carbocycles. The minimum absolute atomic E-state index is 0.0541. The normalized spacial score (nSPS) is 24.8.